The molecular weight excluding hydrogens is 513 g/mol. The lowest BCUT2D eigenvalue weighted by Crippen LogP contribution is -2.38. The average Bonchev–Trinajstić information content (AvgIpc) is 3.29. The second-order valence-corrected chi connectivity index (χ2v) is 7.69. The first-order valence-corrected chi connectivity index (χ1v) is 10.3. The van der Waals surface area contributed by atoms with Gasteiger partial charge >= 0.3 is 0 Å². The van der Waals surface area contributed by atoms with Crippen LogP contribution in [0, 0.1) is 13.8 Å². The molecule has 2 aromatic heterocycles. The Morgan fingerprint density at radius 2 is 1.93 bits per heavy atom. The molecule has 0 aliphatic heterocycles. The fourth-order valence-corrected chi connectivity index (χ4v) is 3.32. The molecule has 0 spiro atoms. The molecule has 0 unspecified atom stereocenters. The molecule has 162 valence electrons. The number of nitrogens with zero attached hydrogens (tertiary/aromatic N) is 5. The van der Waals surface area contributed by atoms with Crippen LogP contribution in [0.3, 0.4) is 0 Å². The van der Waals surface area contributed by atoms with Gasteiger partial charge in [-0.2, -0.15) is 0 Å². The van der Waals surface area contributed by atoms with Gasteiger partial charge in [0.15, 0.2) is 11.8 Å². The largest absolute Gasteiger partial charge is 0.497 e. The Balaban J connectivity index is 0.00000320. The number of aliphatic imine (C=N–C) groups is 1. The Labute approximate surface area is 198 Å². The van der Waals surface area contributed by atoms with Crippen molar-refractivity contribution in [3.8, 4) is 5.75 Å². The molecule has 0 saturated heterocycles. The van der Waals surface area contributed by atoms with E-state index in [1.807, 2.05) is 49.7 Å². The van der Waals surface area contributed by atoms with E-state index in [2.05, 4.69) is 31.2 Å². The summed E-state index contributed by atoms with van der Waals surface area (Å²) in [6.07, 6.45) is 0.844. The van der Waals surface area contributed by atoms with E-state index >= 15 is 0 Å². The molecule has 0 radical (unpaired) electrons. The molecule has 0 bridgehead atoms. The molecule has 2 heterocycles. The number of ether oxygens (including phenoxy) is 1. The van der Waals surface area contributed by atoms with E-state index < -0.39 is 0 Å². The van der Waals surface area contributed by atoms with Crippen LogP contribution in [0.2, 0.25) is 0 Å². The molecule has 0 aliphatic carbocycles. The van der Waals surface area contributed by atoms with Crippen LogP contribution in [0.4, 0.5) is 0 Å². The molecule has 0 saturated carbocycles. The summed E-state index contributed by atoms with van der Waals surface area (Å²) in [6.45, 7) is 5.81. The Hall–Kier alpha value is -2.21. The summed E-state index contributed by atoms with van der Waals surface area (Å²) >= 11 is 1.67. The average molecular weight is 541 g/mol. The van der Waals surface area contributed by atoms with E-state index in [4.69, 9.17) is 9.73 Å². The zero-order valence-corrected chi connectivity index (χ0v) is 20.8. The van der Waals surface area contributed by atoms with Gasteiger partial charge in [0.25, 0.3) is 0 Å². The third kappa shape index (κ3) is 6.94. The third-order valence-corrected chi connectivity index (χ3v) is 5.34. The Morgan fingerprint density at radius 1 is 1.17 bits per heavy atom. The van der Waals surface area contributed by atoms with Crippen molar-refractivity contribution in [2.24, 2.45) is 12.0 Å². The van der Waals surface area contributed by atoms with Gasteiger partial charge in [-0.25, -0.2) is 9.98 Å². The first-order chi connectivity index (χ1) is 14.0. The number of nitrogens with one attached hydrogen (secondary N) is 2. The molecule has 0 amide bonds. The Morgan fingerprint density at radius 3 is 2.53 bits per heavy atom. The van der Waals surface area contributed by atoms with Crippen LogP contribution in [-0.2, 0) is 26.6 Å². The minimum Gasteiger partial charge on any atom is -0.497 e. The SMILES string of the molecule is COc1ccc(CN=C(NCCc2csc(C)n2)NCc2nnc(C)n2C)cc1.I. The first kappa shape index (κ1) is 24.1. The van der Waals surface area contributed by atoms with Gasteiger partial charge in [-0.3, -0.25) is 0 Å². The van der Waals surface area contributed by atoms with Crippen molar-refractivity contribution in [1.82, 2.24) is 30.4 Å². The first-order valence-electron chi connectivity index (χ1n) is 9.46. The molecule has 10 heteroatoms. The van der Waals surface area contributed by atoms with E-state index in [1.54, 1.807) is 18.4 Å². The summed E-state index contributed by atoms with van der Waals surface area (Å²) in [5.74, 6) is 3.31. The summed E-state index contributed by atoms with van der Waals surface area (Å²) in [7, 11) is 3.62. The predicted molar refractivity (Wildman–Crippen MR) is 131 cm³/mol. The number of halogens is 1. The van der Waals surface area contributed by atoms with Crippen LogP contribution < -0.4 is 15.4 Å². The third-order valence-electron chi connectivity index (χ3n) is 4.52. The highest BCUT2D eigenvalue weighted by Gasteiger charge is 2.07. The lowest BCUT2D eigenvalue weighted by atomic mass is 10.2. The summed E-state index contributed by atoms with van der Waals surface area (Å²) in [5.41, 5.74) is 2.20. The van der Waals surface area contributed by atoms with E-state index in [9.17, 15) is 0 Å². The van der Waals surface area contributed by atoms with Gasteiger partial charge in [0, 0.05) is 25.4 Å². The molecule has 0 aliphatic rings. The second-order valence-electron chi connectivity index (χ2n) is 6.62. The van der Waals surface area contributed by atoms with Crippen molar-refractivity contribution in [2.45, 2.75) is 33.4 Å². The van der Waals surface area contributed by atoms with Crippen LogP contribution in [0.15, 0.2) is 34.6 Å². The monoisotopic (exact) mass is 541 g/mol. The number of aryl methyl sites for hydroxylation is 2. The number of thiazole rings is 1. The van der Waals surface area contributed by atoms with E-state index in [0.29, 0.717) is 13.1 Å². The molecule has 0 atom stereocenters. The maximum Gasteiger partial charge on any atom is 0.191 e. The number of hydrogen-bond acceptors (Lipinski definition) is 6. The van der Waals surface area contributed by atoms with Gasteiger partial charge in [0.2, 0.25) is 0 Å². The standard InChI is InChI=1S/C20H27N7OS.HI/c1-14-25-26-19(27(14)3)12-23-20(21-10-9-17-13-29-15(2)24-17)22-11-16-5-7-18(28-4)8-6-16;/h5-8,13H,9-12H2,1-4H3,(H2,21,22,23);1H. The van der Waals surface area contributed by atoms with Crippen LogP contribution in [0.5, 0.6) is 5.75 Å². The highest BCUT2D eigenvalue weighted by Crippen LogP contribution is 2.12. The molecule has 8 nitrogen and oxygen atoms in total. The number of methoxy groups -OCH3 is 1. The Kier molecular flexibility index (Phi) is 9.50. The number of guanidine groups is 1. The highest BCUT2D eigenvalue weighted by atomic mass is 127. The number of rotatable bonds is 8. The smallest absolute Gasteiger partial charge is 0.191 e. The quantitative estimate of drug-likeness (QED) is 0.259. The fourth-order valence-electron chi connectivity index (χ4n) is 2.68. The van der Waals surface area contributed by atoms with Crippen molar-refractivity contribution in [3.63, 3.8) is 0 Å². The van der Waals surface area contributed by atoms with Crippen molar-refractivity contribution in [2.75, 3.05) is 13.7 Å². The summed E-state index contributed by atoms with van der Waals surface area (Å²) in [5, 5.41) is 18.2. The molecule has 3 aromatic rings. The van der Waals surface area contributed by atoms with Gasteiger partial charge in [-0.15, -0.1) is 45.5 Å². The number of aromatic nitrogens is 4. The topological polar surface area (TPSA) is 89.2 Å². The maximum atomic E-state index is 5.21. The molecule has 0 fully saturated rings. The summed E-state index contributed by atoms with van der Waals surface area (Å²) in [4.78, 5) is 9.23. The molecular formula is C20H28IN7OS. The fraction of sp³-hybridized carbons (Fsp3) is 0.400. The van der Waals surface area contributed by atoms with Gasteiger partial charge < -0.3 is 19.9 Å². The maximum absolute atomic E-state index is 5.21. The van der Waals surface area contributed by atoms with Gasteiger partial charge in [-0.1, -0.05) is 12.1 Å². The lowest BCUT2D eigenvalue weighted by Gasteiger charge is -2.12. The van der Waals surface area contributed by atoms with Crippen molar-refractivity contribution < 1.29 is 4.74 Å². The van der Waals surface area contributed by atoms with Crippen LogP contribution in [0.25, 0.3) is 0 Å². The number of hydrogen-bond donors (Lipinski definition) is 2. The van der Waals surface area contributed by atoms with Crippen molar-refractivity contribution in [1.29, 1.82) is 0 Å². The minimum atomic E-state index is 0. The van der Waals surface area contributed by atoms with Crippen molar-refractivity contribution in [3.05, 3.63) is 57.6 Å². The van der Waals surface area contributed by atoms with Gasteiger partial charge in [0.05, 0.1) is 30.9 Å². The molecule has 3 rings (SSSR count). The van der Waals surface area contributed by atoms with E-state index in [0.717, 1.165) is 52.6 Å². The second kappa shape index (κ2) is 11.8. The zero-order valence-electron chi connectivity index (χ0n) is 17.7. The van der Waals surface area contributed by atoms with Crippen molar-refractivity contribution >= 4 is 41.3 Å². The molecule has 1 aromatic carbocycles. The lowest BCUT2D eigenvalue weighted by molar-refractivity contribution is 0.414. The van der Waals surface area contributed by atoms with E-state index in [1.165, 1.54) is 0 Å². The summed E-state index contributed by atoms with van der Waals surface area (Å²) in [6, 6.07) is 7.92. The van der Waals surface area contributed by atoms with E-state index in [-0.39, 0.29) is 24.0 Å². The minimum absolute atomic E-state index is 0. The van der Waals surface area contributed by atoms with Crippen LogP contribution in [0.1, 0.15) is 27.9 Å². The van der Waals surface area contributed by atoms with Crippen LogP contribution in [-0.4, -0.2) is 39.4 Å². The predicted octanol–water partition coefficient (Wildman–Crippen LogP) is 2.99. The summed E-state index contributed by atoms with van der Waals surface area (Å²) < 4.78 is 7.18. The Bertz CT molecular complexity index is 952. The normalized spacial score (nSPS) is 11.1. The molecule has 2 N–H and O–H groups in total. The van der Waals surface area contributed by atoms with Crippen LogP contribution >= 0.6 is 35.3 Å². The van der Waals surface area contributed by atoms with Gasteiger partial charge in [-0.05, 0) is 31.5 Å². The molecule has 30 heavy (non-hydrogen) atoms. The number of benzene rings is 1. The highest BCUT2D eigenvalue weighted by molar-refractivity contribution is 14.0. The van der Waals surface area contributed by atoms with Gasteiger partial charge in [0.1, 0.15) is 11.6 Å². The zero-order chi connectivity index (χ0) is 20.6.